The molecule has 0 radical (unpaired) electrons. The van der Waals surface area contributed by atoms with Gasteiger partial charge in [-0.15, -0.1) is 11.6 Å². The number of nitrogens with zero attached hydrogens (tertiary/aromatic N) is 1. The third-order valence-electron chi connectivity index (χ3n) is 1.56. The smallest absolute Gasteiger partial charge is 0.143 e. The summed E-state index contributed by atoms with van der Waals surface area (Å²) in [4.78, 5) is 0. The fourth-order valence-corrected chi connectivity index (χ4v) is 1.25. The van der Waals surface area contributed by atoms with E-state index in [4.69, 9.17) is 33.2 Å². The fourth-order valence-electron chi connectivity index (χ4n) is 0.944. The van der Waals surface area contributed by atoms with Crippen LogP contribution in [0.4, 0.5) is 0 Å². The average molecular weight is 230 g/mol. The molecule has 74 valence electrons. The molecule has 0 aliphatic heterocycles. The molecule has 0 N–H and O–H groups in total. The van der Waals surface area contributed by atoms with Crippen molar-refractivity contribution in [3.05, 3.63) is 34.9 Å². The van der Waals surface area contributed by atoms with E-state index in [0.717, 1.165) is 5.56 Å². The van der Waals surface area contributed by atoms with Crippen LogP contribution in [0.3, 0.4) is 0 Å². The van der Waals surface area contributed by atoms with Crippen LogP contribution in [0.15, 0.2) is 24.3 Å². The van der Waals surface area contributed by atoms with Gasteiger partial charge in [-0.25, -0.2) is 0 Å². The Labute approximate surface area is 93.0 Å². The first kappa shape index (κ1) is 11.3. The van der Waals surface area contributed by atoms with Crippen LogP contribution in [-0.2, 0) is 11.3 Å². The highest BCUT2D eigenvalue weighted by Crippen LogP contribution is 2.11. The van der Waals surface area contributed by atoms with Gasteiger partial charge >= 0.3 is 0 Å². The summed E-state index contributed by atoms with van der Waals surface area (Å²) < 4.78 is 5.21. The Bertz CT molecular complexity index is 335. The largest absolute Gasteiger partial charge is 0.374 e. The summed E-state index contributed by atoms with van der Waals surface area (Å²) in [5.74, 6) is 0. The molecular formula is C10H9Cl2NO. The molecule has 0 bridgehead atoms. The highest BCUT2D eigenvalue weighted by atomic mass is 35.5. The van der Waals surface area contributed by atoms with Crippen molar-refractivity contribution < 1.29 is 4.74 Å². The van der Waals surface area contributed by atoms with Crippen LogP contribution in [0.2, 0.25) is 5.02 Å². The molecule has 4 heteroatoms. The van der Waals surface area contributed by atoms with E-state index in [1.165, 1.54) is 0 Å². The Morgan fingerprint density at radius 1 is 1.50 bits per heavy atom. The summed E-state index contributed by atoms with van der Waals surface area (Å²) in [7, 11) is 0. The quantitative estimate of drug-likeness (QED) is 0.745. The van der Waals surface area contributed by atoms with Gasteiger partial charge in [0.15, 0.2) is 0 Å². The molecule has 0 fully saturated rings. The van der Waals surface area contributed by atoms with E-state index in [2.05, 4.69) is 0 Å². The van der Waals surface area contributed by atoms with Gasteiger partial charge in [0.1, 0.15) is 5.38 Å². The number of hydrogen-bond acceptors (Lipinski definition) is 2. The lowest BCUT2D eigenvalue weighted by molar-refractivity contribution is 0.128. The third kappa shape index (κ3) is 3.97. The molecule has 1 aromatic rings. The predicted octanol–water partition coefficient (Wildman–Crippen LogP) is 2.99. The maximum absolute atomic E-state index is 8.39. The molecule has 14 heavy (non-hydrogen) atoms. The third-order valence-corrected chi connectivity index (χ3v) is 2.02. The van der Waals surface area contributed by atoms with Crippen molar-refractivity contribution in [3.8, 4) is 6.07 Å². The molecule has 0 aromatic heterocycles. The molecule has 1 unspecified atom stereocenters. The number of hydrogen-bond donors (Lipinski definition) is 0. The zero-order valence-corrected chi connectivity index (χ0v) is 8.92. The van der Waals surface area contributed by atoms with Gasteiger partial charge in [0.2, 0.25) is 0 Å². The molecule has 1 atom stereocenters. The van der Waals surface area contributed by atoms with Crippen molar-refractivity contribution in [2.75, 3.05) is 6.61 Å². The van der Waals surface area contributed by atoms with Crippen LogP contribution < -0.4 is 0 Å². The second-order valence-corrected chi connectivity index (χ2v) is 3.70. The number of halogens is 2. The van der Waals surface area contributed by atoms with Crippen LogP contribution in [0.25, 0.3) is 0 Å². The Hall–Kier alpha value is -0.750. The van der Waals surface area contributed by atoms with Crippen LogP contribution >= 0.6 is 23.2 Å². The number of ether oxygens (including phenoxy) is 1. The van der Waals surface area contributed by atoms with Gasteiger partial charge in [-0.3, -0.25) is 0 Å². The second-order valence-electron chi connectivity index (χ2n) is 2.74. The zero-order chi connectivity index (χ0) is 10.4. The standard InChI is InChI=1S/C10H9Cl2NO/c11-9-3-1-2-8(4-9)6-14-7-10(12)5-13/h1-4,10H,6-7H2. The van der Waals surface area contributed by atoms with Gasteiger partial charge in [-0.1, -0.05) is 23.7 Å². The van der Waals surface area contributed by atoms with E-state index >= 15 is 0 Å². The maximum Gasteiger partial charge on any atom is 0.143 e. The first-order valence-electron chi connectivity index (χ1n) is 4.08. The van der Waals surface area contributed by atoms with E-state index in [1.807, 2.05) is 24.3 Å². The maximum atomic E-state index is 8.39. The molecule has 0 saturated carbocycles. The minimum absolute atomic E-state index is 0.227. The van der Waals surface area contributed by atoms with E-state index in [1.54, 1.807) is 6.07 Å². The van der Waals surface area contributed by atoms with Crippen molar-refractivity contribution in [1.29, 1.82) is 5.26 Å². The number of rotatable bonds is 4. The summed E-state index contributed by atoms with van der Waals surface area (Å²) >= 11 is 11.3. The van der Waals surface area contributed by atoms with Crippen LogP contribution in [-0.4, -0.2) is 12.0 Å². The molecule has 2 nitrogen and oxygen atoms in total. The topological polar surface area (TPSA) is 33.0 Å². The molecule has 0 spiro atoms. The van der Waals surface area contributed by atoms with E-state index in [9.17, 15) is 0 Å². The van der Waals surface area contributed by atoms with Gasteiger partial charge in [0.05, 0.1) is 19.3 Å². The molecule has 0 amide bonds. The summed E-state index contributed by atoms with van der Waals surface area (Å²) in [6.45, 7) is 0.649. The molecule has 0 saturated heterocycles. The fraction of sp³-hybridized carbons (Fsp3) is 0.300. The molecule has 1 rings (SSSR count). The zero-order valence-electron chi connectivity index (χ0n) is 7.41. The lowest BCUT2D eigenvalue weighted by atomic mass is 10.2. The average Bonchev–Trinajstić information content (AvgIpc) is 2.17. The first-order chi connectivity index (χ1) is 6.72. The Kier molecular flexibility index (Phi) is 4.75. The number of benzene rings is 1. The molecule has 0 aliphatic carbocycles. The highest BCUT2D eigenvalue weighted by molar-refractivity contribution is 6.30. The van der Waals surface area contributed by atoms with Crippen LogP contribution in [0, 0.1) is 11.3 Å². The van der Waals surface area contributed by atoms with Gasteiger partial charge in [-0.2, -0.15) is 5.26 Å². The minimum atomic E-state index is -0.589. The Morgan fingerprint density at radius 3 is 2.93 bits per heavy atom. The van der Waals surface area contributed by atoms with E-state index in [-0.39, 0.29) is 6.61 Å². The molecule has 0 heterocycles. The minimum Gasteiger partial charge on any atom is -0.374 e. The van der Waals surface area contributed by atoms with Crippen molar-refractivity contribution in [2.45, 2.75) is 12.0 Å². The van der Waals surface area contributed by atoms with Crippen molar-refractivity contribution >= 4 is 23.2 Å². The highest BCUT2D eigenvalue weighted by Gasteiger charge is 2.01. The summed E-state index contributed by atoms with van der Waals surface area (Å²) in [5.41, 5.74) is 0.972. The number of nitriles is 1. The summed E-state index contributed by atoms with van der Waals surface area (Å²) in [5, 5.41) is 8.48. The second kappa shape index (κ2) is 5.87. The van der Waals surface area contributed by atoms with Crippen LogP contribution in [0.5, 0.6) is 0 Å². The van der Waals surface area contributed by atoms with Gasteiger partial charge in [0.25, 0.3) is 0 Å². The van der Waals surface area contributed by atoms with Gasteiger partial charge < -0.3 is 4.74 Å². The van der Waals surface area contributed by atoms with Crippen LogP contribution in [0.1, 0.15) is 5.56 Å². The lowest BCUT2D eigenvalue weighted by Gasteiger charge is -2.04. The first-order valence-corrected chi connectivity index (χ1v) is 4.89. The summed E-state index contributed by atoms with van der Waals surface area (Å²) in [6, 6.07) is 9.24. The predicted molar refractivity (Wildman–Crippen MR) is 56.4 cm³/mol. The van der Waals surface area contributed by atoms with Gasteiger partial charge in [-0.05, 0) is 17.7 Å². The van der Waals surface area contributed by atoms with Crippen molar-refractivity contribution in [2.24, 2.45) is 0 Å². The van der Waals surface area contributed by atoms with Crippen molar-refractivity contribution in [3.63, 3.8) is 0 Å². The normalized spacial score (nSPS) is 12.1. The number of alkyl halides is 1. The summed E-state index contributed by atoms with van der Waals surface area (Å²) in [6.07, 6.45) is 0. The lowest BCUT2D eigenvalue weighted by Crippen LogP contribution is -2.06. The molecule has 1 aromatic carbocycles. The van der Waals surface area contributed by atoms with Crippen molar-refractivity contribution in [1.82, 2.24) is 0 Å². The van der Waals surface area contributed by atoms with Gasteiger partial charge in [0, 0.05) is 5.02 Å². The Balaban J connectivity index is 2.36. The monoisotopic (exact) mass is 229 g/mol. The molecular weight excluding hydrogens is 221 g/mol. The SMILES string of the molecule is N#CC(Cl)COCc1cccc(Cl)c1. The van der Waals surface area contributed by atoms with E-state index in [0.29, 0.717) is 11.6 Å². The van der Waals surface area contributed by atoms with E-state index < -0.39 is 5.38 Å². The molecule has 0 aliphatic rings. The Morgan fingerprint density at radius 2 is 2.29 bits per heavy atom.